The van der Waals surface area contributed by atoms with E-state index in [1.807, 2.05) is 6.92 Å². The number of aliphatic carboxylic acids is 1. The van der Waals surface area contributed by atoms with Crippen molar-refractivity contribution in [3.05, 3.63) is 0 Å². The molecule has 0 aromatic heterocycles. The van der Waals surface area contributed by atoms with Gasteiger partial charge in [-0.25, -0.2) is 0 Å². The van der Waals surface area contributed by atoms with Crippen LogP contribution in [0.3, 0.4) is 0 Å². The molecule has 0 aromatic carbocycles. The molecular formula is C18H29NO2. The Morgan fingerprint density at radius 3 is 1.95 bits per heavy atom. The molecular weight excluding hydrogens is 262 g/mol. The lowest BCUT2D eigenvalue weighted by molar-refractivity contribution is -0.151. The second kappa shape index (κ2) is 4.71. The third-order valence-corrected chi connectivity index (χ3v) is 7.20. The van der Waals surface area contributed by atoms with Gasteiger partial charge in [0.15, 0.2) is 0 Å². The van der Waals surface area contributed by atoms with Gasteiger partial charge in [0.1, 0.15) is 0 Å². The summed E-state index contributed by atoms with van der Waals surface area (Å²) in [4.78, 5) is 14.0. The van der Waals surface area contributed by atoms with Crippen molar-refractivity contribution >= 4 is 5.97 Å². The third kappa shape index (κ3) is 2.42. The Morgan fingerprint density at radius 2 is 1.52 bits per heavy atom. The molecule has 1 heterocycles. The first-order chi connectivity index (χ1) is 9.96. The lowest BCUT2D eigenvalue weighted by Crippen LogP contribution is -2.53. The highest BCUT2D eigenvalue weighted by Crippen LogP contribution is 2.60. The van der Waals surface area contributed by atoms with E-state index in [0.717, 1.165) is 43.7 Å². The fourth-order valence-electron chi connectivity index (χ4n) is 6.38. The summed E-state index contributed by atoms with van der Waals surface area (Å²) in [6.45, 7) is 5.17. The van der Waals surface area contributed by atoms with Crippen molar-refractivity contribution in [2.75, 3.05) is 19.6 Å². The van der Waals surface area contributed by atoms with Gasteiger partial charge in [-0.3, -0.25) is 4.79 Å². The van der Waals surface area contributed by atoms with Gasteiger partial charge in [0, 0.05) is 6.54 Å². The van der Waals surface area contributed by atoms with Gasteiger partial charge in [-0.2, -0.15) is 0 Å². The first kappa shape index (κ1) is 14.0. The molecule has 21 heavy (non-hydrogen) atoms. The first-order valence-corrected chi connectivity index (χ1v) is 8.92. The minimum absolute atomic E-state index is 0.474. The molecule has 0 radical (unpaired) electrons. The van der Waals surface area contributed by atoms with Crippen LogP contribution in [0.1, 0.15) is 58.3 Å². The number of carboxylic acids is 1. The third-order valence-electron chi connectivity index (χ3n) is 7.20. The van der Waals surface area contributed by atoms with Gasteiger partial charge in [0.25, 0.3) is 0 Å². The van der Waals surface area contributed by atoms with Crippen molar-refractivity contribution in [3.63, 3.8) is 0 Å². The van der Waals surface area contributed by atoms with Crippen LogP contribution < -0.4 is 0 Å². The molecule has 3 heteroatoms. The lowest BCUT2D eigenvalue weighted by atomic mass is 9.49. The molecule has 0 aromatic rings. The number of hydrogen-bond donors (Lipinski definition) is 1. The molecule has 3 nitrogen and oxygen atoms in total. The van der Waals surface area contributed by atoms with Gasteiger partial charge in [-0.15, -0.1) is 0 Å². The van der Waals surface area contributed by atoms with Crippen LogP contribution in [0.15, 0.2) is 0 Å². The summed E-state index contributed by atoms with van der Waals surface area (Å²) in [5.41, 5.74) is 0.129. The van der Waals surface area contributed by atoms with E-state index in [1.165, 1.54) is 45.1 Å². The van der Waals surface area contributed by atoms with Crippen LogP contribution in [0.4, 0.5) is 0 Å². The average molecular weight is 291 g/mol. The molecule has 0 spiro atoms. The van der Waals surface area contributed by atoms with E-state index in [-0.39, 0.29) is 0 Å². The Balaban J connectivity index is 1.40. The maximum absolute atomic E-state index is 11.4. The summed E-state index contributed by atoms with van der Waals surface area (Å²) in [5.74, 6) is 2.46. The fraction of sp³-hybridized carbons (Fsp3) is 0.944. The Hall–Kier alpha value is -0.570. The highest BCUT2D eigenvalue weighted by Gasteiger charge is 2.51. The number of hydrogen-bond acceptors (Lipinski definition) is 2. The number of carbonyl (C=O) groups is 1. The number of likely N-dealkylation sites (tertiary alicyclic amines) is 1. The van der Waals surface area contributed by atoms with Crippen molar-refractivity contribution in [1.29, 1.82) is 0 Å². The Labute approximate surface area is 128 Å². The van der Waals surface area contributed by atoms with Crippen molar-refractivity contribution in [1.82, 2.24) is 4.90 Å². The summed E-state index contributed by atoms with van der Waals surface area (Å²) in [5, 5.41) is 9.37. The molecule has 118 valence electrons. The normalized spacial score (nSPS) is 44.9. The van der Waals surface area contributed by atoms with E-state index in [2.05, 4.69) is 4.90 Å². The summed E-state index contributed by atoms with van der Waals surface area (Å²) in [6.07, 6.45) is 10.6. The quantitative estimate of drug-likeness (QED) is 0.866. The van der Waals surface area contributed by atoms with Crippen LogP contribution >= 0.6 is 0 Å². The minimum Gasteiger partial charge on any atom is -0.481 e. The Kier molecular flexibility index (Phi) is 3.15. The van der Waals surface area contributed by atoms with E-state index in [4.69, 9.17) is 0 Å². The smallest absolute Gasteiger partial charge is 0.309 e. The maximum atomic E-state index is 11.4. The van der Waals surface area contributed by atoms with Crippen LogP contribution in [0.2, 0.25) is 0 Å². The summed E-state index contributed by atoms with van der Waals surface area (Å²) < 4.78 is 0. The summed E-state index contributed by atoms with van der Waals surface area (Å²) >= 11 is 0. The van der Waals surface area contributed by atoms with Crippen LogP contribution in [0.25, 0.3) is 0 Å². The zero-order chi connectivity index (χ0) is 14.7. The molecule has 4 bridgehead atoms. The van der Waals surface area contributed by atoms with E-state index in [1.54, 1.807) is 0 Å². The largest absolute Gasteiger partial charge is 0.481 e. The van der Waals surface area contributed by atoms with E-state index in [9.17, 15) is 9.90 Å². The molecule has 0 unspecified atom stereocenters. The van der Waals surface area contributed by atoms with Gasteiger partial charge in [-0.05, 0) is 94.5 Å². The van der Waals surface area contributed by atoms with Gasteiger partial charge < -0.3 is 10.0 Å². The van der Waals surface area contributed by atoms with Gasteiger partial charge in [-0.1, -0.05) is 0 Å². The Morgan fingerprint density at radius 1 is 1.05 bits per heavy atom. The molecule has 1 saturated heterocycles. The number of piperidine rings is 1. The topological polar surface area (TPSA) is 40.5 Å². The van der Waals surface area contributed by atoms with Crippen molar-refractivity contribution in [2.45, 2.75) is 58.3 Å². The number of nitrogens with zero attached hydrogens (tertiary/aromatic N) is 1. The Bertz CT molecular complexity index is 401. The predicted molar refractivity (Wildman–Crippen MR) is 82.0 cm³/mol. The SMILES string of the molecule is CC1(C(=O)O)CCN(CC23CC4CC(CC(C4)C2)C3)CC1. The van der Waals surface area contributed by atoms with Crippen LogP contribution in [0, 0.1) is 28.6 Å². The van der Waals surface area contributed by atoms with Crippen molar-refractivity contribution in [2.24, 2.45) is 28.6 Å². The molecule has 1 aliphatic heterocycles. The second-order valence-electron chi connectivity index (χ2n) is 9.06. The van der Waals surface area contributed by atoms with Crippen LogP contribution in [0.5, 0.6) is 0 Å². The summed E-state index contributed by atoms with van der Waals surface area (Å²) in [6, 6.07) is 0. The zero-order valence-corrected chi connectivity index (χ0v) is 13.3. The number of rotatable bonds is 3. The summed E-state index contributed by atoms with van der Waals surface area (Å²) in [7, 11) is 0. The van der Waals surface area contributed by atoms with Gasteiger partial charge in [0.05, 0.1) is 5.41 Å². The standard InChI is InChI=1S/C18H29NO2/c1-17(16(20)21)2-4-19(5-3-17)12-18-9-13-6-14(10-18)8-15(7-13)11-18/h13-15H,2-12H2,1H3,(H,20,21). The molecule has 0 amide bonds. The molecule has 0 atom stereocenters. The molecule has 5 aliphatic rings. The predicted octanol–water partition coefficient (Wildman–Crippen LogP) is 3.39. The second-order valence-corrected chi connectivity index (χ2v) is 9.06. The highest BCUT2D eigenvalue weighted by molar-refractivity contribution is 5.74. The van der Waals surface area contributed by atoms with Crippen molar-refractivity contribution < 1.29 is 9.90 Å². The van der Waals surface area contributed by atoms with Gasteiger partial charge in [0.2, 0.25) is 0 Å². The van der Waals surface area contributed by atoms with Crippen LogP contribution in [-0.2, 0) is 4.79 Å². The van der Waals surface area contributed by atoms with Crippen molar-refractivity contribution in [3.8, 4) is 0 Å². The monoisotopic (exact) mass is 291 g/mol. The molecule has 4 saturated carbocycles. The maximum Gasteiger partial charge on any atom is 0.309 e. The van der Waals surface area contributed by atoms with Crippen LogP contribution in [-0.4, -0.2) is 35.6 Å². The highest BCUT2D eigenvalue weighted by atomic mass is 16.4. The molecule has 1 N–H and O–H groups in total. The van der Waals surface area contributed by atoms with E-state index < -0.39 is 11.4 Å². The zero-order valence-electron chi connectivity index (χ0n) is 13.3. The number of carboxylic acid groups (broad SMARTS) is 1. The van der Waals surface area contributed by atoms with Gasteiger partial charge >= 0.3 is 5.97 Å². The van der Waals surface area contributed by atoms with E-state index >= 15 is 0 Å². The molecule has 4 aliphatic carbocycles. The average Bonchev–Trinajstić information content (AvgIpc) is 2.39. The lowest BCUT2D eigenvalue weighted by Gasteiger charge is -2.58. The van der Waals surface area contributed by atoms with E-state index in [0.29, 0.717) is 5.41 Å². The molecule has 5 fully saturated rings. The fourth-order valence-corrected chi connectivity index (χ4v) is 6.38. The molecule has 5 rings (SSSR count). The first-order valence-electron chi connectivity index (χ1n) is 8.92. The minimum atomic E-state index is -0.600.